The van der Waals surface area contributed by atoms with E-state index in [1.807, 2.05) is 0 Å². The fourth-order valence-corrected chi connectivity index (χ4v) is 2.79. The molecule has 0 fully saturated rings. The van der Waals surface area contributed by atoms with Gasteiger partial charge in [-0.05, 0) is 49.7 Å². The lowest BCUT2D eigenvalue weighted by Crippen LogP contribution is -2.11. The van der Waals surface area contributed by atoms with Gasteiger partial charge in [-0.3, -0.25) is 0 Å². The fraction of sp³-hybridized carbons (Fsp3) is 0.750. The number of hydrogen-bond donors (Lipinski definition) is 0. The van der Waals surface area contributed by atoms with Gasteiger partial charge >= 0.3 is 0 Å². The second-order valence-corrected chi connectivity index (χ2v) is 5.44. The molecule has 0 saturated heterocycles. The van der Waals surface area contributed by atoms with Crippen molar-refractivity contribution >= 4 is 0 Å². The van der Waals surface area contributed by atoms with Crippen LogP contribution < -0.4 is 0 Å². The summed E-state index contributed by atoms with van der Waals surface area (Å²) in [7, 11) is 0. The zero-order valence-corrected chi connectivity index (χ0v) is 11.6. The molecule has 0 nitrogen and oxygen atoms in total. The first-order chi connectivity index (χ1) is 8.17. The summed E-state index contributed by atoms with van der Waals surface area (Å²) in [6.45, 7) is 6.69. The van der Waals surface area contributed by atoms with Gasteiger partial charge in [0.1, 0.15) is 5.83 Å². The van der Waals surface area contributed by atoms with Crippen LogP contribution in [0.5, 0.6) is 0 Å². The first-order valence-electron chi connectivity index (χ1n) is 7.22. The molecule has 1 rings (SSSR count). The van der Waals surface area contributed by atoms with Gasteiger partial charge in [-0.15, -0.1) is 0 Å². The van der Waals surface area contributed by atoms with E-state index in [4.69, 9.17) is 0 Å². The van der Waals surface area contributed by atoms with E-state index in [1.165, 1.54) is 24.8 Å². The number of rotatable bonds is 4. The van der Waals surface area contributed by atoms with Crippen molar-refractivity contribution in [2.45, 2.75) is 65.7 Å². The van der Waals surface area contributed by atoms with Crippen LogP contribution >= 0.6 is 0 Å². The second kappa shape index (κ2) is 7.68. The first kappa shape index (κ1) is 14.5. The summed E-state index contributed by atoms with van der Waals surface area (Å²) in [5.74, 6) is 1.37. The Morgan fingerprint density at radius 2 is 2.06 bits per heavy atom. The minimum Gasteiger partial charge on any atom is -0.207 e. The minimum absolute atomic E-state index is 0.0163. The van der Waals surface area contributed by atoms with Gasteiger partial charge in [-0.1, -0.05) is 45.6 Å². The normalized spacial score (nSPS) is 32.7. The van der Waals surface area contributed by atoms with Crippen molar-refractivity contribution in [3.8, 4) is 0 Å². The Morgan fingerprint density at radius 3 is 2.71 bits per heavy atom. The predicted molar refractivity (Wildman–Crippen MR) is 73.6 cm³/mol. The molecule has 98 valence electrons. The second-order valence-electron chi connectivity index (χ2n) is 5.44. The van der Waals surface area contributed by atoms with Crippen LogP contribution in [0.15, 0.2) is 23.6 Å². The van der Waals surface area contributed by atoms with E-state index in [0.29, 0.717) is 5.92 Å². The molecule has 0 bridgehead atoms. The Balaban J connectivity index is 2.73. The van der Waals surface area contributed by atoms with E-state index in [1.54, 1.807) is 12.2 Å². The summed E-state index contributed by atoms with van der Waals surface area (Å²) >= 11 is 0. The summed E-state index contributed by atoms with van der Waals surface area (Å²) in [4.78, 5) is 0. The maximum absolute atomic E-state index is 13.6. The molecule has 0 N–H and O–H groups in total. The molecule has 1 heteroatoms. The van der Waals surface area contributed by atoms with Crippen LogP contribution in [0.2, 0.25) is 0 Å². The standard InChI is InChI=1S/C16H27F/c1-4-6-14-9-10-15(7-5-2)13(3)8-11-16(17)12-14/h11-13,15H,4-10H2,1-3H3/b14-12+,16-11+. The highest BCUT2D eigenvalue weighted by atomic mass is 19.1. The molecule has 2 atom stereocenters. The lowest BCUT2D eigenvalue weighted by Gasteiger charge is -2.22. The zero-order chi connectivity index (χ0) is 12.7. The van der Waals surface area contributed by atoms with Crippen LogP contribution in [-0.4, -0.2) is 0 Å². The molecule has 0 aromatic carbocycles. The van der Waals surface area contributed by atoms with E-state index in [9.17, 15) is 4.39 Å². The van der Waals surface area contributed by atoms with Crippen molar-refractivity contribution in [3.63, 3.8) is 0 Å². The molecule has 0 heterocycles. The third kappa shape index (κ3) is 5.06. The van der Waals surface area contributed by atoms with Crippen LogP contribution in [0.3, 0.4) is 0 Å². The van der Waals surface area contributed by atoms with Crippen molar-refractivity contribution in [3.05, 3.63) is 23.6 Å². The van der Waals surface area contributed by atoms with E-state index in [-0.39, 0.29) is 5.83 Å². The van der Waals surface area contributed by atoms with Gasteiger partial charge in [-0.25, -0.2) is 4.39 Å². The average molecular weight is 238 g/mol. The molecule has 1 aliphatic rings. The molecule has 0 aromatic heterocycles. The highest BCUT2D eigenvalue weighted by molar-refractivity contribution is 5.19. The predicted octanol–water partition coefficient (Wildman–Crippen LogP) is 5.80. The molecular weight excluding hydrogens is 211 g/mol. The molecule has 0 aromatic rings. The molecule has 1 aliphatic carbocycles. The summed E-state index contributed by atoms with van der Waals surface area (Å²) in [6.07, 6.45) is 11.5. The third-order valence-electron chi connectivity index (χ3n) is 3.90. The van der Waals surface area contributed by atoms with Crippen LogP contribution in [0.25, 0.3) is 0 Å². The Morgan fingerprint density at radius 1 is 1.29 bits per heavy atom. The van der Waals surface area contributed by atoms with Crippen LogP contribution in [0.1, 0.15) is 65.7 Å². The Labute approximate surface area is 106 Å². The average Bonchev–Trinajstić information content (AvgIpc) is 2.36. The monoisotopic (exact) mass is 238 g/mol. The number of allylic oxidation sites excluding steroid dienone is 4. The lowest BCUT2D eigenvalue weighted by atomic mass is 9.83. The van der Waals surface area contributed by atoms with Crippen LogP contribution in [-0.2, 0) is 0 Å². The van der Waals surface area contributed by atoms with E-state index in [2.05, 4.69) is 20.8 Å². The highest BCUT2D eigenvalue weighted by Gasteiger charge is 2.17. The van der Waals surface area contributed by atoms with Crippen molar-refractivity contribution in [1.82, 2.24) is 0 Å². The van der Waals surface area contributed by atoms with Crippen LogP contribution in [0, 0.1) is 11.8 Å². The van der Waals surface area contributed by atoms with Crippen molar-refractivity contribution in [2.24, 2.45) is 11.8 Å². The highest BCUT2D eigenvalue weighted by Crippen LogP contribution is 2.30. The summed E-state index contributed by atoms with van der Waals surface area (Å²) in [5, 5.41) is 0. The van der Waals surface area contributed by atoms with E-state index in [0.717, 1.165) is 31.6 Å². The molecule has 0 aliphatic heterocycles. The van der Waals surface area contributed by atoms with E-state index < -0.39 is 0 Å². The maximum Gasteiger partial charge on any atom is 0.119 e. The Bertz CT molecular complexity index is 275. The number of hydrogen-bond acceptors (Lipinski definition) is 0. The van der Waals surface area contributed by atoms with Gasteiger partial charge in [0.2, 0.25) is 0 Å². The van der Waals surface area contributed by atoms with Crippen LogP contribution in [0.4, 0.5) is 4.39 Å². The molecule has 0 saturated carbocycles. The Hall–Kier alpha value is -0.590. The van der Waals surface area contributed by atoms with Crippen molar-refractivity contribution < 1.29 is 4.39 Å². The summed E-state index contributed by atoms with van der Waals surface area (Å²) in [5.41, 5.74) is 1.30. The number of halogens is 1. The maximum atomic E-state index is 13.6. The largest absolute Gasteiger partial charge is 0.207 e. The molecule has 0 radical (unpaired) electrons. The summed E-state index contributed by atoms with van der Waals surface area (Å²) in [6, 6.07) is 0. The van der Waals surface area contributed by atoms with Gasteiger partial charge in [0.15, 0.2) is 0 Å². The summed E-state index contributed by atoms with van der Waals surface area (Å²) < 4.78 is 13.6. The molecule has 0 amide bonds. The lowest BCUT2D eigenvalue weighted by molar-refractivity contribution is 0.313. The molecule has 0 spiro atoms. The van der Waals surface area contributed by atoms with Gasteiger partial charge in [0, 0.05) is 0 Å². The van der Waals surface area contributed by atoms with Crippen molar-refractivity contribution in [1.29, 1.82) is 0 Å². The SMILES string of the molecule is CCC/C1=C\C(F)=C/CC(C)C(CCC)CC1. The first-order valence-corrected chi connectivity index (χ1v) is 7.22. The molecule has 17 heavy (non-hydrogen) atoms. The van der Waals surface area contributed by atoms with Gasteiger partial charge in [0.05, 0.1) is 0 Å². The molecular formula is C16H27F. The minimum atomic E-state index is -0.0163. The smallest absolute Gasteiger partial charge is 0.119 e. The van der Waals surface area contributed by atoms with Gasteiger partial charge in [-0.2, -0.15) is 0 Å². The third-order valence-corrected chi connectivity index (χ3v) is 3.90. The quantitative estimate of drug-likeness (QED) is 0.580. The Kier molecular flexibility index (Phi) is 6.54. The van der Waals surface area contributed by atoms with E-state index >= 15 is 0 Å². The molecule has 2 unspecified atom stereocenters. The zero-order valence-electron chi connectivity index (χ0n) is 11.6. The van der Waals surface area contributed by atoms with Crippen molar-refractivity contribution in [2.75, 3.05) is 0 Å². The van der Waals surface area contributed by atoms with Gasteiger partial charge in [0.25, 0.3) is 0 Å². The fourth-order valence-electron chi connectivity index (χ4n) is 2.79. The van der Waals surface area contributed by atoms with Gasteiger partial charge < -0.3 is 0 Å². The topological polar surface area (TPSA) is 0 Å².